The van der Waals surface area contributed by atoms with Gasteiger partial charge in [-0.25, -0.2) is 4.79 Å². The average molecular weight is 184 g/mol. The SMILES string of the molecule is CC(C)CN1C[C@H](C(C)C)NC1=O. The quantitative estimate of drug-likeness (QED) is 0.711. The molecule has 3 heteroatoms. The lowest BCUT2D eigenvalue weighted by molar-refractivity contribution is 0.211. The van der Waals surface area contributed by atoms with Gasteiger partial charge in [0.2, 0.25) is 0 Å². The summed E-state index contributed by atoms with van der Waals surface area (Å²) in [6, 6.07) is 0.443. The predicted octanol–water partition coefficient (Wildman–Crippen LogP) is 1.69. The second-order valence-electron chi connectivity index (χ2n) is 4.60. The number of hydrogen-bond donors (Lipinski definition) is 1. The number of carbonyl (C=O) groups is 1. The maximum atomic E-state index is 11.4. The minimum Gasteiger partial charge on any atom is -0.333 e. The Morgan fingerprint density at radius 1 is 1.46 bits per heavy atom. The molecule has 1 aliphatic heterocycles. The maximum Gasteiger partial charge on any atom is 0.317 e. The highest BCUT2D eigenvalue weighted by atomic mass is 16.2. The second kappa shape index (κ2) is 3.99. The number of nitrogens with zero attached hydrogens (tertiary/aromatic N) is 1. The normalized spacial score (nSPS) is 23.1. The molecule has 0 aromatic rings. The largest absolute Gasteiger partial charge is 0.333 e. The van der Waals surface area contributed by atoms with Crippen molar-refractivity contribution in [3.8, 4) is 0 Å². The van der Waals surface area contributed by atoms with Crippen LogP contribution < -0.4 is 5.32 Å². The predicted molar refractivity (Wildman–Crippen MR) is 53.6 cm³/mol. The number of nitrogens with one attached hydrogen (secondary N) is 1. The molecule has 1 N–H and O–H groups in total. The van der Waals surface area contributed by atoms with Gasteiger partial charge in [-0.1, -0.05) is 27.7 Å². The molecule has 13 heavy (non-hydrogen) atoms. The summed E-state index contributed by atoms with van der Waals surface area (Å²) < 4.78 is 0. The average Bonchev–Trinajstić information content (AvgIpc) is 2.31. The van der Waals surface area contributed by atoms with Crippen LogP contribution in [0.4, 0.5) is 4.79 Å². The number of hydrogen-bond acceptors (Lipinski definition) is 1. The molecule has 76 valence electrons. The van der Waals surface area contributed by atoms with Gasteiger partial charge in [0, 0.05) is 13.1 Å². The molecule has 1 aliphatic rings. The van der Waals surface area contributed by atoms with Crippen LogP contribution in [0, 0.1) is 11.8 Å². The fourth-order valence-corrected chi connectivity index (χ4v) is 1.59. The first-order valence-electron chi connectivity index (χ1n) is 5.06. The summed E-state index contributed by atoms with van der Waals surface area (Å²) in [5, 5.41) is 3.00. The number of urea groups is 1. The highest BCUT2D eigenvalue weighted by molar-refractivity contribution is 5.76. The van der Waals surface area contributed by atoms with E-state index in [0.717, 1.165) is 13.1 Å². The van der Waals surface area contributed by atoms with Crippen LogP contribution in [-0.2, 0) is 0 Å². The minimum absolute atomic E-state index is 0.104. The Morgan fingerprint density at radius 3 is 2.46 bits per heavy atom. The van der Waals surface area contributed by atoms with Crippen LogP contribution in [0.5, 0.6) is 0 Å². The molecule has 0 bridgehead atoms. The zero-order valence-corrected chi connectivity index (χ0v) is 9.00. The van der Waals surface area contributed by atoms with Crippen molar-refractivity contribution in [2.24, 2.45) is 11.8 Å². The molecular formula is C10H20N2O. The minimum atomic E-state index is 0.104. The van der Waals surface area contributed by atoms with Crippen molar-refractivity contribution < 1.29 is 4.79 Å². The Hall–Kier alpha value is -0.730. The van der Waals surface area contributed by atoms with Crippen molar-refractivity contribution in [1.82, 2.24) is 10.2 Å². The van der Waals surface area contributed by atoms with Gasteiger partial charge >= 0.3 is 6.03 Å². The maximum absolute atomic E-state index is 11.4. The van der Waals surface area contributed by atoms with E-state index >= 15 is 0 Å². The smallest absolute Gasteiger partial charge is 0.317 e. The summed E-state index contributed by atoms with van der Waals surface area (Å²) in [5.41, 5.74) is 0. The Morgan fingerprint density at radius 2 is 2.08 bits per heavy atom. The van der Waals surface area contributed by atoms with E-state index in [1.807, 2.05) is 4.90 Å². The van der Waals surface area contributed by atoms with Crippen molar-refractivity contribution in [2.45, 2.75) is 33.7 Å². The van der Waals surface area contributed by atoms with Crippen LogP contribution in [0.3, 0.4) is 0 Å². The van der Waals surface area contributed by atoms with Gasteiger partial charge in [0.1, 0.15) is 0 Å². The van der Waals surface area contributed by atoms with Gasteiger partial charge in [0.15, 0.2) is 0 Å². The fourth-order valence-electron chi connectivity index (χ4n) is 1.59. The fraction of sp³-hybridized carbons (Fsp3) is 0.900. The molecule has 1 rings (SSSR count). The molecule has 1 saturated heterocycles. The summed E-state index contributed by atoms with van der Waals surface area (Å²) in [7, 11) is 0. The standard InChI is InChI=1S/C10H20N2O/c1-7(2)5-12-6-9(8(3)4)11-10(12)13/h7-9H,5-6H2,1-4H3,(H,11,13)/t9-/m1/s1. The van der Waals surface area contributed by atoms with Gasteiger partial charge in [-0.15, -0.1) is 0 Å². The van der Waals surface area contributed by atoms with Crippen molar-refractivity contribution >= 4 is 6.03 Å². The van der Waals surface area contributed by atoms with Gasteiger partial charge < -0.3 is 10.2 Å². The Bertz CT molecular complexity index is 189. The molecule has 0 aromatic carbocycles. The van der Waals surface area contributed by atoms with E-state index < -0.39 is 0 Å². The van der Waals surface area contributed by atoms with Crippen LogP contribution in [0.2, 0.25) is 0 Å². The summed E-state index contributed by atoms with van der Waals surface area (Å²) in [6.07, 6.45) is 0. The molecule has 1 heterocycles. The molecule has 0 aliphatic carbocycles. The van der Waals surface area contributed by atoms with Gasteiger partial charge in [-0.05, 0) is 11.8 Å². The van der Waals surface area contributed by atoms with Crippen LogP contribution >= 0.6 is 0 Å². The summed E-state index contributed by atoms with van der Waals surface area (Å²) >= 11 is 0. The molecule has 0 radical (unpaired) electrons. The van der Waals surface area contributed by atoms with Crippen LogP contribution in [0.1, 0.15) is 27.7 Å². The Kier molecular flexibility index (Phi) is 3.17. The first-order valence-corrected chi connectivity index (χ1v) is 5.06. The van der Waals surface area contributed by atoms with E-state index in [0.29, 0.717) is 17.9 Å². The third-order valence-corrected chi connectivity index (χ3v) is 2.40. The lowest BCUT2D eigenvalue weighted by atomic mass is 10.1. The lowest BCUT2D eigenvalue weighted by Gasteiger charge is -2.17. The highest BCUT2D eigenvalue weighted by Crippen LogP contribution is 2.12. The van der Waals surface area contributed by atoms with Gasteiger partial charge in [0.25, 0.3) is 0 Å². The van der Waals surface area contributed by atoms with Gasteiger partial charge in [-0.2, -0.15) is 0 Å². The van der Waals surface area contributed by atoms with E-state index in [2.05, 4.69) is 33.0 Å². The molecule has 1 fully saturated rings. The van der Waals surface area contributed by atoms with E-state index in [1.165, 1.54) is 0 Å². The van der Waals surface area contributed by atoms with Crippen LogP contribution in [-0.4, -0.2) is 30.1 Å². The molecule has 0 saturated carbocycles. The second-order valence-corrected chi connectivity index (χ2v) is 4.60. The lowest BCUT2D eigenvalue weighted by Crippen LogP contribution is -2.32. The molecule has 2 amide bonds. The van der Waals surface area contributed by atoms with Gasteiger partial charge in [-0.3, -0.25) is 0 Å². The van der Waals surface area contributed by atoms with E-state index in [1.54, 1.807) is 0 Å². The molecule has 0 unspecified atom stereocenters. The van der Waals surface area contributed by atoms with Crippen molar-refractivity contribution in [2.75, 3.05) is 13.1 Å². The first-order chi connectivity index (χ1) is 6.00. The van der Waals surface area contributed by atoms with E-state index in [4.69, 9.17) is 0 Å². The Labute approximate surface area is 80.5 Å². The van der Waals surface area contributed by atoms with Crippen LogP contribution in [0.15, 0.2) is 0 Å². The number of rotatable bonds is 3. The zero-order valence-electron chi connectivity index (χ0n) is 9.00. The third-order valence-electron chi connectivity index (χ3n) is 2.40. The summed E-state index contributed by atoms with van der Waals surface area (Å²) in [4.78, 5) is 13.4. The summed E-state index contributed by atoms with van der Waals surface area (Å²) in [5.74, 6) is 1.08. The van der Waals surface area contributed by atoms with Crippen molar-refractivity contribution in [1.29, 1.82) is 0 Å². The summed E-state index contributed by atoms with van der Waals surface area (Å²) in [6.45, 7) is 10.3. The molecular weight excluding hydrogens is 164 g/mol. The van der Waals surface area contributed by atoms with Crippen LogP contribution in [0.25, 0.3) is 0 Å². The van der Waals surface area contributed by atoms with E-state index in [-0.39, 0.29) is 6.03 Å². The highest BCUT2D eigenvalue weighted by Gasteiger charge is 2.30. The van der Waals surface area contributed by atoms with E-state index in [9.17, 15) is 4.79 Å². The molecule has 0 spiro atoms. The third kappa shape index (κ3) is 2.61. The van der Waals surface area contributed by atoms with Crippen molar-refractivity contribution in [3.05, 3.63) is 0 Å². The number of carbonyl (C=O) groups excluding carboxylic acids is 1. The Balaban J connectivity index is 2.47. The number of amides is 2. The molecule has 0 aromatic heterocycles. The zero-order chi connectivity index (χ0) is 10.0. The molecule has 3 nitrogen and oxygen atoms in total. The van der Waals surface area contributed by atoms with Crippen molar-refractivity contribution in [3.63, 3.8) is 0 Å². The first kappa shape index (κ1) is 10.4. The monoisotopic (exact) mass is 184 g/mol. The van der Waals surface area contributed by atoms with Gasteiger partial charge in [0.05, 0.1) is 6.04 Å². The topological polar surface area (TPSA) is 32.3 Å². The molecule has 1 atom stereocenters.